The smallest absolute Gasteiger partial charge is 0.284 e. The molecule has 7 heteroatoms. The predicted molar refractivity (Wildman–Crippen MR) is 109 cm³/mol. The molecule has 0 fully saturated rings. The Morgan fingerprint density at radius 1 is 1.11 bits per heavy atom. The molecule has 146 valence electrons. The standard InChI is InChI=1S/C21H23N3O3S/c25-12-11-24(10-8-16-4-2-9-22-14-16)15-17-3-1-5-18(13-17)19-6-7-20(28-19)21(26)23-27/h1-7,9,13-14,25,27H,8,10-12,15H2,(H,23,26). The minimum atomic E-state index is -0.503. The number of benzene rings is 1. The van der Waals surface area contributed by atoms with E-state index in [9.17, 15) is 9.90 Å². The van der Waals surface area contributed by atoms with E-state index in [0.29, 0.717) is 11.4 Å². The first-order chi connectivity index (χ1) is 13.7. The Labute approximate surface area is 168 Å². The molecule has 28 heavy (non-hydrogen) atoms. The highest BCUT2D eigenvalue weighted by Gasteiger charge is 2.11. The Bertz CT molecular complexity index is 899. The van der Waals surface area contributed by atoms with E-state index < -0.39 is 5.91 Å². The number of aliphatic hydroxyl groups excluding tert-OH is 1. The highest BCUT2D eigenvalue weighted by atomic mass is 32.1. The number of thiophene rings is 1. The number of hydrogen-bond donors (Lipinski definition) is 3. The summed E-state index contributed by atoms with van der Waals surface area (Å²) in [6, 6.07) is 15.7. The maximum Gasteiger partial charge on any atom is 0.284 e. The molecule has 3 rings (SSSR count). The van der Waals surface area contributed by atoms with Gasteiger partial charge in [0.05, 0.1) is 11.5 Å². The summed E-state index contributed by atoms with van der Waals surface area (Å²) in [6.07, 6.45) is 4.51. The summed E-state index contributed by atoms with van der Waals surface area (Å²) in [7, 11) is 0. The number of nitrogens with zero attached hydrogens (tertiary/aromatic N) is 2. The first kappa shape index (κ1) is 20.2. The molecule has 3 N–H and O–H groups in total. The lowest BCUT2D eigenvalue weighted by Crippen LogP contribution is -2.28. The summed E-state index contributed by atoms with van der Waals surface area (Å²) in [6.45, 7) is 2.27. The van der Waals surface area contributed by atoms with Crippen molar-refractivity contribution in [2.24, 2.45) is 0 Å². The molecule has 0 saturated heterocycles. The number of rotatable bonds is 9. The van der Waals surface area contributed by atoms with Crippen LogP contribution in [0.3, 0.4) is 0 Å². The zero-order valence-corrected chi connectivity index (χ0v) is 16.2. The largest absolute Gasteiger partial charge is 0.395 e. The van der Waals surface area contributed by atoms with Crippen LogP contribution in [0.1, 0.15) is 20.8 Å². The molecule has 2 heterocycles. The van der Waals surface area contributed by atoms with Crippen molar-refractivity contribution >= 4 is 17.2 Å². The Morgan fingerprint density at radius 3 is 2.71 bits per heavy atom. The second-order valence-electron chi connectivity index (χ2n) is 6.42. The van der Waals surface area contributed by atoms with E-state index in [1.165, 1.54) is 16.9 Å². The maximum atomic E-state index is 11.5. The second kappa shape index (κ2) is 10.1. The highest BCUT2D eigenvalue weighted by molar-refractivity contribution is 7.17. The van der Waals surface area contributed by atoms with Crippen molar-refractivity contribution in [1.29, 1.82) is 0 Å². The Balaban J connectivity index is 1.69. The summed E-state index contributed by atoms with van der Waals surface area (Å²) in [5.74, 6) is -0.503. The molecule has 0 aliphatic carbocycles. The van der Waals surface area contributed by atoms with Gasteiger partial charge < -0.3 is 5.11 Å². The van der Waals surface area contributed by atoms with Crippen molar-refractivity contribution in [2.45, 2.75) is 13.0 Å². The van der Waals surface area contributed by atoms with Crippen LogP contribution in [-0.4, -0.2) is 45.8 Å². The molecule has 0 atom stereocenters. The van der Waals surface area contributed by atoms with Crippen molar-refractivity contribution in [3.05, 3.63) is 76.9 Å². The van der Waals surface area contributed by atoms with Gasteiger partial charge in [0.2, 0.25) is 0 Å². The number of aliphatic hydroxyl groups is 1. The van der Waals surface area contributed by atoms with Gasteiger partial charge in [-0.05, 0) is 47.4 Å². The Kier molecular flexibility index (Phi) is 7.27. The van der Waals surface area contributed by atoms with E-state index in [4.69, 9.17) is 5.21 Å². The van der Waals surface area contributed by atoms with Crippen molar-refractivity contribution < 1.29 is 15.1 Å². The Morgan fingerprint density at radius 2 is 1.96 bits per heavy atom. The monoisotopic (exact) mass is 397 g/mol. The van der Waals surface area contributed by atoms with Gasteiger partial charge in [0.15, 0.2) is 0 Å². The molecule has 1 amide bonds. The first-order valence-electron chi connectivity index (χ1n) is 9.05. The van der Waals surface area contributed by atoms with E-state index in [-0.39, 0.29) is 6.61 Å². The lowest BCUT2D eigenvalue weighted by molar-refractivity contribution is 0.0711. The van der Waals surface area contributed by atoms with Crippen LogP contribution in [0.4, 0.5) is 0 Å². The van der Waals surface area contributed by atoms with Gasteiger partial charge in [0.1, 0.15) is 0 Å². The van der Waals surface area contributed by atoms with Gasteiger partial charge in [-0.25, -0.2) is 5.48 Å². The lowest BCUT2D eigenvalue weighted by atomic mass is 10.1. The minimum absolute atomic E-state index is 0.108. The van der Waals surface area contributed by atoms with Gasteiger partial charge in [-0.15, -0.1) is 11.3 Å². The van der Waals surface area contributed by atoms with Gasteiger partial charge >= 0.3 is 0 Å². The molecule has 3 aromatic rings. The summed E-state index contributed by atoms with van der Waals surface area (Å²) < 4.78 is 0. The molecule has 0 bridgehead atoms. The van der Waals surface area contributed by atoms with Crippen LogP contribution in [0.15, 0.2) is 60.9 Å². The molecule has 1 aromatic carbocycles. The number of carbonyl (C=O) groups excluding carboxylic acids is 1. The van der Waals surface area contributed by atoms with E-state index in [1.807, 2.05) is 30.5 Å². The number of aromatic nitrogens is 1. The van der Waals surface area contributed by atoms with E-state index in [0.717, 1.165) is 35.5 Å². The van der Waals surface area contributed by atoms with Gasteiger partial charge in [0, 0.05) is 36.9 Å². The average molecular weight is 398 g/mol. The summed E-state index contributed by atoms with van der Waals surface area (Å²) >= 11 is 1.33. The van der Waals surface area contributed by atoms with Crippen LogP contribution in [-0.2, 0) is 13.0 Å². The van der Waals surface area contributed by atoms with E-state index >= 15 is 0 Å². The van der Waals surface area contributed by atoms with Crippen molar-refractivity contribution in [3.63, 3.8) is 0 Å². The molecule has 2 aromatic heterocycles. The van der Waals surface area contributed by atoms with Crippen LogP contribution in [0.2, 0.25) is 0 Å². The SMILES string of the molecule is O=C(NO)c1ccc(-c2cccc(CN(CCO)CCc3cccnc3)c2)s1. The molecular weight excluding hydrogens is 374 g/mol. The number of nitrogens with one attached hydrogen (secondary N) is 1. The second-order valence-corrected chi connectivity index (χ2v) is 7.50. The third-order valence-electron chi connectivity index (χ3n) is 4.40. The molecule has 0 unspecified atom stereocenters. The highest BCUT2D eigenvalue weighted by Crippen LogP contribution is 2.29. The van der Waals surface area contributed by atoms with Crippen molar-refractivity contribution in [1.82, 2.24) is 15.4 Å². The fraction of sp³-hybridized carbons (Fsp3) is 0.238. The third kappa shape index (κ3) is 5.46. The van der Waals surface area contributed by atoms with Gasteiger partial charge in [-0.3, -0.25) is 19.9 Å². The van der Waals surface area contributed by atoms with Gasteiger partial charge in [-0.1, -0.05) is 24.3 Å². The van der Waals surface area contributed by atoms with Crippen LogP contribution >= 0.6 is 11.3 Å². The molecule has 0 saturated carbocycles. The first-order valence-corrected chi connectivity index (χ1v) is 9.87. The maximum absolute atomic E-state index is 11.5. The fourth-order valence-corrected chi connectivity index (χ4v) is 3.89. The molecule has 6 nitrogen and oxygen atoms in total. The van der Waals surface area contributed by atoms with E-state index in [1.54, 1.807) is 17.7 Å². The van der Waals surface area contributed by atoms with Crippen LogP contribution in [0, 0.1) is 0 Å². The van der Waals surface area contributed by atoms with Crippen LogP contribution in [0.25, 0.3) is 10.4 Å². The summed E-state index contributed by atoms with van der Waals surface area (Å²) in [4.78, 5) is 19.3. The number of hydrogen-bond acceptors (Lipinski definition) is 6. The predicted octanol–water partition coefficient (Wildman–Crippen LogP) is 2.97. The summed E-state index contributed by atoms with van der Waals surface area (Å²) in [5.41, 5.74) is 5.00. The number of carbonyl (C=O) groups is 1. The topological polar surface area (TPSA) is 85.7 Å². The molecular formula is C21H23N3O3S. The normalized spacial score (nSPS) is 11.0. The molecule has 0 spiro atoms. The van der Waals surface area contributed by atoms with Gasteiger partial charge in [0.25, 0.3) is 5.91 Å². The molecule has 0 radical (unpaired) electrons. The number of pyridine rings is 1. The Hall–Kier alpha value is -2.58. The van der Waals surface area contributed by atoms with Crippen molar-refractivity contribution in [2.75, 3.05) is 19.7 Å². The zero-order valence-electron chi connectivity index (χ0n) is 15.4. The lowest BCUT2D eigenvalue weighted by Gasteiger charge is -2.21. The minimum Gasteiger partial charge on any atom is -0.395 e. The van der Waals surface area contributed by atoms with Crippen LogP contribution in [0.5, 0.6) is 0 Å². The molecule has 0 aliphatic rings. The van der Waals surface area contributed by atoms with Crippen LogP contribution < -0.4 is 5.48 Å². The average Bonchev–Trinajstić information content (AvgIpc) is 3.23. The third-order valence-corrected chi connectivity index (χ3v) is 5.54. The quantitative estimate of drug-likeness (QED) is 0.382. The fourth-order valence-electron chi connectivity index (χ4n) is 3.00. The van der Waals surface area contributed by atoms with Gasteiger partial charge in [-0.2, -0.15) is 0 Å². The number of hydroxylamine groups is 1. The van der Waals surface area contributed by atoms with Crippen molar-refractivity contribution in [3.8, 4) is 10.4 Å². The zero-order chi connectivity index (χ0) is 19.8. The molecule has 0 aliphatic heterocycles. The summed E-state index contributed by atoms with van der Waals surface area (Å²) in [5, 5.41) is 18.2. The number of amides is 1. The van der Waals surface area contributed by atoms with E-state index in [2.05, 4.69) is 28.1 Å².